The molecular formula is C12H16N2OSi. The van der Waals surface area contributed by atoms with Gasteiger partial charge in [0.25, 0.3) is 8.32 Å². The summed E-state index contributed by atoms with van der Waals surface area (Å²) in [6, 6.07) is 9.41. The Balaban J connectivity index is 2.81. The van der Waals surface area contributed by atoms with Crippen molar-refractivity contribution in [3.05, 3.63) is 35.4 Å². The molecule has 1 rings (SSSR count). The number of benzene rings is 1. The maximum atomic E-state index is 8.68. The Morgan fingerprint density at radius 3 is 2.25 bits per heavy atom. The zero-order valence-electron chi connectivity index (χ0n) is 10.1. The summed E-state index contributed by atoms with van der Waals surface area (Å²) in [5.74, 6) is 0. The van der Waals surface area contributed by atoms with E-state index < -0.39 is 8.32 Å². The third-order valence-corrected chi connectivity index (χ3v) is 2.53. The maximum Gasteiger partial charge on any atom is 0.278 e. The first kappa shape index (κ1) is 12.5. The average Bonchev–Trinajstić information content (AvgIpc) is 2.25. The second-order valence-corrected chi connectivity index (χ2v) is 8.98. The Morgan fingerprint density at radius 1 is 1.25 bits per heavy atom. The Bertz CT molecular complexity index is 424. The zero-order chi connectivity index (χ0) is 12.2. The largest absolute Gasteiger partial charge is 0.455 e. The van der Waals surface area contributed by atoms with E-state index in [1.807, 2.05) is 19.1 Å². The van der Waals surface area contributed by atoms with Crippen LogP contribution in [0.2, 0.25) is 19.6 Å². The van der Waals surface area contributed by atoms with Gasteiger partial charge in [-0.1, -0.05) is 12.1 Å². The van der Waals surface area contributed by atoms with Crippen LogP contribution in [0.25, 0.3) is 0 Å². The molecule has 1 aromatic carbocycles. The van der Waals surface area contributed by atoms with Gasteiger partial charge < -0.3 is 4.53 Å². The fourth-order valence-corrected chi connectivity index (χ4v) is 1.45. The van der Waals surface area contributed by atoms with Gasteiger partial charge in [-0.15, -0.1) is 5.16 Å². The van der Waals surface area contributed by atoms with Crippen molar-refractivity contribution >= 4 is 14.0 Å². The molecular weight excluding hydrogens is 216 g/mol. The highest BCUT2D eigenvalue weighted by atomic mass is 28.4. The van der Waals surface area contributed by atoms with Gasteiger partial charge in [-0.3, -0.25) is 0 Å². The van der Waals surface area contributed by atoms with Crippen LogP contribution in [0, 0.1) is 11.3 Å². The first-order valence-electron chi connectivity index (χ1n) is 5.16. The van der Waals surface area contributed by atoms with Gasteiger partial charge >= 0.3 is 0 Å². The van der Waals surface area contributed by atoms with Crippen molar-refractivity contribution in [2.24, 2.45) is 5.16 Å². The summed E-state index contributed by atoms with van der Waals surface area (Å²) in [5, 5.41) is 12.8. The average molecular weight is 232 g/mol. The lowest BCUT2D eigenvalue weighted by molar-refractivity contribution is 0.335. The van der Waals surface area contributed by atoms with Crippen LogP contribution in [-0.4, -0.2) is 14.0 Å². The molecule has 0 aliphatic carbocycles. The van der Waals surface area contributed by atoms with E-state index in [4.69, 9.17) is 9.79 Å². The van der Waals surface area contributed by atoms with Crippen molar-refractivity contribution < 1.29 is 4.53 Å². The molecule has 3 nitrogen and oxygen atoms in total. The second kappa shape index (κ2) is 4.95. The van der Waals surface area contributed by atoms with Crippen LogP contribution in [0.5, 0.6) is 0 Å². The molecule has 0 aromatic heterocycles. The summed E-state index contributed by atoms with van der Waals surface area (Å²) >= 11 is 0. The van der Waals surface area contributed by atoms with Crippen molar-refractivity contribution in [1.82, 2.24) is 0 Å². The molecule has 84 valence electrons. The molecule has 0 saturated carbocycles. The molecule has 0 spiro atoms. The summed E-state index contributed by atoms with van der Waals surface area (Å²) in [5.41, 5.74) is 2.48. The van der Waals surface area contributed by atoms with Crippen molar-refractivity contribution in [3.8, 4) is 6.07 Å². The Morgan fingerprint density at radius 2 is 1.81 bits per heavy atom. The molecule has 0 fully saturated rings. The highest BCUT2D eigenvalue weighted by Crippen LogP contribution is 2.08. The lowest BCUT2D eigenvalue weighted by Crippen LogP contribution is -2.22. The van der Waals surface area contributed by atoms with Crippen LogP contribution in [-0.2, 0) is 4.53 Å². The number of hydrogen-bond donors (Lipinski definition) is 0. The number of hydrogen-bond acceptors (Lipinski definition) is 3. The summed E-state index contributed by atoms with van der Waals surface area (Å²) in [6.07, 6.45) is 0. The fourth-order valence-electron chi connectivity index (χ4n) is 1.04. The molecule has 1 aromatic rings. The molecule has 4 heteroatoms. The van der Waals surface area contributed by atoms with E-state index in [1.165, 1.54) is 0 Å². The van der Waals surface area contributed by atoms with E-state index in [-0.39, 0.29) is 0 Å². The predicted molar refractivity (Wildman–Crippen MR) is 67.8 cm³/mol. The highest BCUT2D eigenvalue weighted by Gasteiger charge is 2.15. The van der Waals surface area contributed by atoms with E-state index in [0.29, 0.717) is 5.56 Å². The number of nitrogens with zero attached hydrogens (tertiary/aromatic N) is 2. The molecule has 0 aliphatic heterocycles. The van der Waals surface area contributed by atoms with Gasteiger partial charge in [0.05, 0.1) is 17.3 Å². The number of oxime groups is 1. The van der Waals surface area contributed by atoms with E-state index >= 15 is 0 Å². The fraction of sp³-hybridized carbons (Fsp3) is 0.333. The summed E-state index contributed by atoms with van der Waals surface area (Å²) < 4.78 is 5.46. The zero-order valence-corrected chi connectivity index (χ0v) is 11.1. The SMILES string of the molecule is CC(=NO[Si](C)(C)C)c1ccc(C#N)cc1. The topological polar surface area (TPSA) is 45.4 Å². The van der Waals surface area contributed by atoms with Crippen LogP contribution in [0.1, 0.15) is 18.1 Å². The van der Waals surface area contributed by atoms with Gasteiger partial charge in [-0.2, -0.15) is 5.26 Å². The Kier molecular flexibility index (Phi) is 3.86. The lowest BCUT2D eigenvalue weighted by Gasteiger charge is -2.13. The maximum absolute atomic E-state index is 8.68. The first-order chi connectivity index (χ1) is 7.42. The highest BCUT2D eigenvalue weighted by molar-refractivity contribution is 6.69. The van der Waals surface area contributed by atoms with E-state index in [1.54, 1.807) is 12.1 Å². The monoisotopic (exact) mass is 232 g/mol. The quantitative estimate of drug-likeness (QED) is 0.456. The number of nitriles is 1. The summed E-state index contributed by atoms with van der Waals surface area (Å²) in [4.78, 5) is 0. The predicted octanol–water partition coefficient (Wildman–Crippen LogP) is 3.13. The molecule has 0 aliphatic rings. The third kappa shape index (κ3) is 3.87. The van der Waals surface area contributed by atoms with E-state index in [2.05, 4.69) is 30.9 Å². The van der Waals surface area contributed by atoms with Crippen molar-refractivity contribution in [1.29, 1.82) is 5.26 Å². The normalized spacial score (nSPS) is 12.1. The minimum atomic E-state index is -1.61. The van der Waals surface area contributed by atoms with Gasteiger partial charge in [-0.05, 0) is 44.3 Å². The minimum Gasteiger partial charge on any atom is -0.455 e. The molecule has 0 unspecified atom stereocenters. The number of rotatable bonds is 3. The minimum absolute atomic E-state index is 0.655. The van der Waals surface area contributed by atoms with E-state index in [9.17, 15) is 0 Å². The van der Waals surface area contributed by atoms with Gasteiger partial charge in [0.2, 0.25) is 0 Å². The third-order valence-electron chi connectivity index (χ3n) is 1.89. The van der Waals surface area contributed by atoms with Gasteiger partial charge in [0.15, 0.2) is 0 Å². The Hall–Kier alpha value is -1.60. The van der Waals surface area contributed by atoms with Crippen LogP contribution >= 0.6 is 0 Å². The van der Waals surface area contributed by atoms with Crippen molar-refractivity contribution in [2.75, 3.05) is 0 Å². The summed E-state index contributed by atoms with van der Waals surface area (Å²) in [6.45, 7) is 8.16. The van der Waals surface area contributed by atoms with E-state index in [0.717, 1.165) is 11.3 Å². The van der Waals surface area contributed by atoms with Crippen molar-refractivity contribution in [3.63, 3.8) is 0 Å². The van der Waals surface area contributed by atoms with Crippen LogP contribution < -0.4 is 0 Å². The smallest absolute Gasteiger partial charge is 0.278 e. The second-order valence-electron chi connectivity index (χ2n) is 4.57. The van der Waals surface area contributed by atoms with Gasteiger partial charge in [0.1, 0.15) is 0 Å². The standard InChI is InChI=1S/C12H16N2OSi/c1-10(14-15-16(2,3)4)12-7-5-11(9-13)6-8-12/h5-8H,1-4H3. The molecule has 16 heavy (non-hydrogen) atoms. The molecule has 0 saturated heterocycles. The molecule has 0 N–H and O–H groups in total. The van der Waals surface area contributed by atoms with Crippen molar-refractivity contribution in [2.45, 2.75) is 26.6 Å². The first-order valence-corrected chi connectivity index (χ1v) is 8.56. The molecule has 0 heterocycles. The molecule has 0 bridgehead atoms. The van der Waals surface area contributed by atoms with Crippen LogP contribution in [0.4, 0.5) is 0 Å². The van der Waals surface area contributed by atoms with Gasteiger partial charge in [0, 0.05) is 0 Å². The molecule has 0 atom stereocenters. The Labute approximate surface area is 97.5 Å². The molecule has 0 radical (unpaired) electrons. The van der Waals surface area contributed by atoms with Crippen LogP contribution in [0.3, 0.4) is 0 Å². The summed E-state index contributed by atoms with van der Waals surface area (Å²) in [7, 11) is -1.61. The van der Waals surface area contributed by atoms with Gasteiger partial charge in [-0.25, -0.2) is 0 Å². The van der Waals surface area contributed by atoms with Crippen LogP contribution in [0.15, 0.2) is 29.4 Å². The molecule has 0 amide bonds. The lowest BCUT2D eigenvalue weighted by atomic mass is 10.1.